The Bertz CT molecular complexity index is 268. The minimum Gasteiger partial charge on any atom is -0.296 e. The van der Waals surface area contributed by atoms with Gasteiger partial charge in [0, 0.05) is 6.42 Å². The molecule has 0 bridgehead atoms. The summed E-state index contributed by atoms with van der Waals surface area (Å²) in [5, 5.41) is 2.32. The second-order valence-corrected chi connectivity index (χ2v) is 3.86. The van der Waals surface area contributed by atoms with Crippen LogP contribution in [0.15, 0.2) is 11.6 Å². The summed E-state index contributed by atoms with van der Waals surface area (Å²) in [5.41, 5.74) is 1.21. The van der Waals surface area contributed by atoms with Crippen LogP contribution in [0.5, 0.6) is 0 Å². The van der Waals surface area contributed by atoms with Crippen LogP contribution in [0.25, 0.3) is 0 Å². The minimum atomic E-state index is -0.136. The van der Waals surface area contributed by atoms with E-state index < -0.39 is 0 Å². The molecule has 1 heterocycles. The Balaban J connectivity index is 2.44. The molecule has 1 rings (SSSR count). The van der Waals surface area contributed by atoms with Crippen molar-refractivity contribution in [2.45, 2.75) is 39.5 Å². The van der Waals surface area contributed by atoms with Gasteiger partial charge in [0.25, 0.3) is 0 Å². The molecule has 14 heavy (non-hydrogen) atoms. The van der Waals surface area contributed by atoms with E-state index in [1.165, 1.54) is 5.57 Å². The van der Waals surface area contributed by atoms with Crippen molar-refractivity contribution < 1.29 is 9.59 Å². The Morgan fingerprint density at radius 2 is 2.29 bits per heavy atom. The minimum absolute atomic E-state index is 0.112. The summed E-state index contributed by atoms with van der Waals surface area (Å²) >= 11 is 0. The molecule has 3 heteroatoms. The van der Waals surface area contributed by atoms with Crippen molar-refractivity contribution >= 4 is 11.8 Å². The third-order valence-corrected chi connectivity index (χ3v) is 2.42. The molecule has 2 amide bonds. The fraction of sp³-hybridized carbons (Fsp3) is 0.636. The maximum absolute atomic E-state index is 11.2. The predicted octanol–water partition coefficient (Wildman–Crippen LogP) is 1.79. The van der Waals surface area contributed by atoms with Crippen molar-refractivity contribution in [3.8, 4) is 0 Å². The maximum Gasteiger partial charge on any atom is 0.230 e. The van der Waals surface area contributed by atoms with Crippen molar-refractivity contribution in [3.63, 3.8) is 0 Å². The second kappa shape index (κ2) is 4.94. The topological polar surface area (TPSA) is 46.2 Å². The number of amides is 2. The van der Waals surface area contributed by atoms with Gasteiger partial charge in [0.1, 0.15) is 0 Å². The van der Waals surface area contributed by atoms with E-state index in [2.05, 4.69) is 18.3 Å². The number of hydrogen-bond donors (Lipinski definition) is 1. The van der Waals surface area contributed by atoms with Crippen LogP contribution in [-0.4, -0.2) is 11.8 Å². The number of allylic oxidation sites excluding steroid dienone is 2. The number of carbonyl (C=O) groups is 2. The van der Waals surface area contributed by atoms with Gasteiger partial charge in [0.2, 0.25) is 11.8 Å². The SMILES string of the molecule is CCC/C=C(/C)CC1CC(=O)NC1=O. The van der Waals surface area contributed by atoms with Gasteiger partial charge in [-0.25, -0.2) is 0 Å². The standard InChI is InChI=1S/C11H17NO2/c1-3-4-5-8(2)6-9-7-10(13)12-11(9)14/h5,9H,3-4,6-7H2,1-2H3,(H,12,13,14)/b8-5-. The van der Waals surface area contributed by atoms with E-state index in [0.29, 0.717) is 6.42 Å². The Hall–Kier alpha value is -1.12. The summed E-state index contributed by atoms with van der Waals surface area (Å²) in [6, 6.07) is 0. The normalized spacial score (nSPS) is 22.7. The molecular weight excluding hydrogens is 178 g/mol. The van der Waals surface area contributed by atoms with Crippen molar-refractivity contribution in [3.05, 3.63) is 11.6 Å². The number of hydrogen-bond acceptors (Lipinski definition) is 2. The largest absolute Gasteiger partial charge is 0.296 e. The average molecular weight is 195 g/mol. The molecule has 0 aromatic carbocycles. The first-order chi connectivity index (χ1) is 6.63. The van der Waals surface area contributed by atoms with E-state index >= 15 is 0 Å². The predicted molar refractivity (Wildman–Crippen MR) is 54.5 cm³/mol. The highest BCUT2D eigenvalue weighted by Gasteiger charge is 2.30. The molecule has 1 fully saturated rings. The molecule has 0 radical (unpaired) electrons. The summed E-state index contributed by atoms with van der Waals surface area (Å²) in [6.45, 7) is 4.14. The first kappa shape index (κ1) is 11.0. The number of carbonyl (C=O) groups excluding carboxylic acids is 2. The molecule has 0 aromatic heterocycles. The molecule has 0 aliphatic carbocycles. The van der Waals surface area contributed by atoms with Crippen LogP contribution >= 0.6 is 0 Å². The fourth-order valence-electron chi connectivity index (χ4n) is 1.63. The molecule has 1 aliphatic rings. The van der Waals surface area contributed by atoms with Crippen molar-refractivity contribution in [2.75, 3.05) is 0 Å². The zero-order chi connectivity index (χ0) is 10.6. The summed E-state index contributed by atoms with van der Waals surface area (Å²) in [7, 11) is 0. The Morgan fingerprint density at radius 3 is 2.79 bits per heavy atom. The van der Waals surface area contributed by atoms with Crippen LogP contribution in [0, 0.1) is 5.92 Å². The van der Waals surface area contributed by atoms with Crippen LogP contribution < -0.4 is 5.32 Å². The van der Waals surface area contributed by atoms with Crippen LogP contribution in [0.2, 0.25) is 0 Å². The zero-order valence-corrected chi connectivity index (χ0v) is 8.80. The van der Waals surface area contributed by atoms with E-state index in [0.717, 1.165) is 19.3 Å². The van der Waals surface area contributed by atoms with Gasteiger partial charge in [-0.1, -0.05) is 25.0 Å². The number of imide groups is 1. The Labute approximate surface area is 84.6 Å². The van der Waals surface area contributed by atoms with Gasteiger partial charge in [-0.3, -0.25) is 14.9 Å². The average Bonchev–Trinajstić information content (AvgIpc) is 2.42. The van der Waals surface area contributed by atoms with Gasteiger partial charge in [-0.15, -0.1) is 0 Å². The first-order valence-corrected chi connectivity index (χ1v) is 5.12. The zero-order valence-electron chi connectivity index (χ0n) is 8.80. The van der Waals surface area contributed by atoms with Crippen LogP contribution in [0.3, 0.4) is 0 Å². The van der Waals surface area contributed by atoms with Crippen LogP contribution in [-0.2, 0) is 9.59 Å². The van der Waals surface area contributed by atoms with Gasteiger partial charge in [0.15, 0.2) is 0 Å². The fourth-order valence-corrected chi connectivity index (χ4v) is 1.63. The summed E-state index contributed by atoms with van der Waals surface area (Å²) in [6.07, 6.45) is 5.39. The van der Waals surface area contributed by atoms with Gasteiger partial charge in [0.05, 0.1) is 5.92 Å². The molecule has 0 aromatic rings. The molecule has 78 valence electrons. The highest BCUT2D eigenvalue weighted by molar-refractivity contribution is 6.03. The molecule has 1 N–H and O–H groups in total. The van der Waals surface area contributed by atoms with E-state index in [4.69, 9.17) is 0 Å². The van der Waals surface area contributed by atoms with Crippen molar-refractivity contribution in [1.82, 2.24) is 5.32 Å². The third kappa shape index (κ3) is 2.98. The van der Waals surface area contributed by atoms with Gasteiger partial charge in [-0.2, -0.15) is 0 Å². The lowest BCUT2D eigenvalue weighted by Crippen LogP contribution is -2.22. The smallest absolute Gasteiger partial charge is 0.230 e. The monoisotopic (exact) mass is 195 g/mol. The molecule has 1 aliphatic heterocycles. The Kier molecular flexibility index (Phi) is 3.86. The number of unbranched alkanes of at least 4 members (excludes halogenated alkanes) is 1. The lowest BCUT2D eigenvalue weighted by molar-refractivity contribution is -0.125. The van der Waals surface area contributed by atoms with Gasteiger partial charge < -0.3 is 0 Å². The highest BCUT2D eigenvalue weighted by Crippen LogP contribution is 2.20. The molecule has 3 nitrogen and oxygen atoms in total. The molecule has 1 atom stereocenters. The van der Waals surface area contributed by atoms with Crippen LogP contribution in [0.1, 0.15) is 39.5 Å². The first-order valence-electron chi connectivity index (χ1n) is 5.12. The lowest BCUT2D eigenvalue weighted by Gasteiger charge is -2.05. The van der Waals surface area contributed by atoms with E-state index in [1.54, 1.807) is 0 Å². The number of rotatable bonds is 4. The second-order valence-electron chi connectivity index (χ2n) is 3.86. The number of nitrogens with one attached hydrogen (secondary N) is 1. The van der Waals surface area contributed by atoms with E-state index in [-0.39, 0.29) is 17.7 Å². The highest BCUT2D eigenvalue weighted by atomic mass is 16.2. The van der Waals surface area contributed by atoms with Crippen LogP contribution in [0.4, 0.5) is 0 Å². The molecular formula is C11H17NO2. The van der Waals surface area contributed by atoms with Gasteiger partial charge in [-0.05, 0) is 19.8 Å². The maximum atomic E-state index is 11.2. The summed E-state index contributed by atoms with van der Waals surface area (Å²) < 4.78 is 0. The molecule has 0 saturated carbocycles. The quantitative estimate of drug-likeness (QED) is 0.549. The third-order valence-electron chi connectivity index (χ3n) is 2.42. The molecule has 1 saturated heterocycles. The van der Waals surface area contributed by atoms with E-state index in [1.807, 2.05) is 6.92 Å². The Morgan fingerprint density at radius 1 is 1.57 bits per heavy atom. The van der Waals surface area contributed by atoms with E-state index in [9.17, 15) is 9.59 Å². The molecule has 0 spiro atoms. The van der Waals surface area contributed by atoms with Gasteiger partial charge >= 0.3 is 0 Å². The summed E-state index contributed by atoms with van der Waals surface area (Å²) in [4.78, 5) is 22.1. The lowest BCUT2D eigenvalue weighted by atomic mass is 9.98. The summed E-state index contributed by atoms with van der Waals surface area (Å²) in [5.74, 6) is -0.377. The van der Waals surface area contributed by atoms with Crippen molar-refractivity contribution in [2.24, 2.45) is 5.92 Å². The van der Waals surface area contributed by atoms with Crippen molar-refractivity contribution in [1.29, 1.82) is 0 Å². The molecule has 1 unspecified atom stereocenters.